The molecule has 2 aromatic heterocycles. The summed E-state index contributed by atoms with van der Waals surface area (Å²) in [6.07, 6.45) is 0. The molecule has 0 radical (unpaired) electrons. The van der Waals surface area contributed by atoms with Crippen molar-refractivity contribution in [1.82, 2.24) is 15.3 Å². The van der Waals surface area contributed by atoms with Gasteiger partial charge < -0.3 is 10.6 Å². The maximum atomic E-state index is 11.4. The summed E-state index contributed by atoms with van der Waals surface area (Å²) in [7, 11) is 0. The van der Waals surface area contributed by atoms with Gasteiger partial charge in [-0.2, -0.15) is 0 Å². The van der Waals surface area contributed by atoms with Crippen molar-refractivity contribution in [3.63, 3.8) is 0 Å². The summed E-state index contributed by atoms with van der Waals surface area (Å²) >= 11 is 7.06. The van der Waals surface area contributed by atoms with Crippen LogP contribution in [0, 0.1) is 13.8 Å². The summed E-state index contributed by atoms with van der Waals surface area (Å²) < 4.78 is 0. The summed E-state index contributed by atoms with van der Waals surface area (Å²) in [5.41, 5.74) is 3.12. The van der Waals surface area contributed by atoms with Crippen LogP contribution in [-0.4, -0.2) is 26.8 Å². The van der Waals surface area contributed by atoms with E-state index in [1.165, 1.54) is 6.92 Å². The fourth-order valence-corrected chi connectivity index (χ4v) is 3.46. The van der Waals surface area contributed by atoms with Crippen LogP contribution in [0.3, 0.4) is 0 Å². The number of anilines is 2. The van der Waals surface area contributed by atoms with E-state index >= 15 is 0 Å². The third-order valence-electron chi connectivity index (χ3n) is 3.97. The van der Waals surface area contributed by atoms with Crippen LogP contribution in [0.25, 0.3) is 0 Å². The zero-order valence-corrected chi connectivity index (χ0v) is 18.5. The topological polar surface area (TPSA) is 91.3 Å². The summed E-state index contributed by atoms with van der Waals surface area (Å²) in [5, 5.41) is 11.6. The molecule has 9 heteroatoms. The van der Waals surface area contributed by atoms with Crippen LogP contribution in [0.4, 0.5) is 11.6 Å². The number of Topliss-reactive ketones (excluding diaryl/α,β-unsaturated/α-hetero) is 1. The smallest absolute Gasteiger partial charge is 0.229 e. The monoisotopic (exact) mass is 438 g/mol. The first-order chi connectivity index (χ1) is 14.4. The number of thiophene rings is 1. The Morgan fingerprint density at radius 3 is 2.40 bits per heavy atom. The van der Waals surface area contributed by atoms with E-state index in [4.69, 9.17) is 12.2 Å². The third-order valence-corrected chi connectivity index (χ3v) is 5.03. The highest BCUT2D eigenvalue weighted by molar-refractivity contribution is 7.80. The summed E-state index contributed by atoms with van der Waals surface area (Å²) in [4.78, 5) is 25.9. The molecule has 3 rings (SSSR count). The Labute approximate surface area is 184 Å². The molecule has 30 heavy (non-hydrogen) atoms. The van der Waals surface area contributed by atoms with Crippen molar-refractivity contribution in [3.8, 4) is 0 Å². The summed E-state index contributed by atoms with van der Waals surface area (Å²) in [6.45, 7) is 5.85. The van der Waals surface area contributed by atoms with Crippen molar-refractivity contribution >= 4 is 52.0 Å². The number of aryl methyl sites for hydroxylation is 2. The fraction of sp³-hybridized carbons (Fsp3) is 0.190. The van der Waals surface area contributed by atoms with Crippen LogP contribution in [0.1, 0.15) is 33.5 Å². The van der Waals surface area contributed by atoms with Gasteiger partial charge in [0.05, 0.1) is 6.54 Å². The second-order valence-corrected chi connectivity index (χ2v) is 8.00. The molecule has 0 aliphatic rings. The lowest BCUT2D eigenvalue weighted by Gasteiger charge is -2.14. The molecule has 0 bridgehead atoms. The number of rotatable bonds is 5. The number of hydrogen-bond donors (Lipinski definition) is 3. The minimum Gasteiger partial charge on any atom is -0.332 e. The van der Waals surface area contributed by atoms with Gasteiger partial charge in [-0.15, -0.1) is 11.3 Å². The molecular weight excluding hydrogens is 416 g/mol. The lowest BCUT2D eigenvalue weighted by Crippen LogP contribution is -2.39. The van der Waals surface area contributed by atoms with Gasteiger partial charge in [0, 0.05) is 27.5 Å². The maximum absolute atomic E-state index is 11.4. The molecular formula is C21H22N6OS2. The highest BCUT2D eigenvalue weighted by Gasteiger charge is 2.08. The molecule has 0 saturated heterocycles. The van der Waals surface area contributed by atoms with Crippen LogP contribution >= 0.6 is 23.6 Å². The number of aromatic nitrogens is 2. The maximum Gasteiger partial charge on any atom is 0.229 e. The summed E-state index contributed by atoms with van der Waals surface area (Å²) in [6, 6.07) is 13.0. The van der Waals surface area contributed by atoms with Crippen molar-refractivity contribution in [1.29, 1.82) is 0 Å². The molecule has 0 amide bonds. The number of nitrogens with zero attached hydrogens (tertiary/aromatic N) is 3. The van der Waals surface area contributed by atoms with Gasteiger partial charge in [0.15, 0.2) is 10.9 Å². The number of nitrogens with one attached hydrogen (secondary N) is 3. The molecule has 0 atom stereocenters. The van der Waals surface area contributed by atoms with Gasteiger partial charge in [0.2, 0.25) is 11.9 Å². The van der Waals surface area contributed by atoms with E-state index in [9.17, 15) is 4.79 Å². The van der Waals surface area contributed by atoms with Crippen LogP contribution < -0.4 is 16.0 Å². The number of carbonyl (C=O) groups excluding carboxylic acids is 1. The average Bonchev–Trinajstić information content (AvgIpc) is 3.19. The average molecular weight is 439 g/mol. The highest BCUT2D eigenvalue weighted by atomic mass is 32.1. The van der Waals surface area contributed by atoms with Crippen LogP contribution in [-0.2, 0) is 6.54 Å². The van der Waals surface area contributed by atoms with Crippen LogP contribution in [0.15, 0.2) is 52.8 Å². The first kappa shape index (κ1) is 21.5. The Balaban J connectivity index is 1.72. The second-order valence-electron chi connectivity index (χ2n) is 6.56. The number of ketones is 1. The van der Waals surface area contributed by atoms with Crippen molar-refractivity contribution in [2.45, 2.75) is 27.3 Å². The highest BCUT2D eigenvalue weighted by Crippen LogP contribution is 2.11. The Kier molecular flexibility index (Phi) is 7.21. The van der Waals surface area contributed by atoms with Gasteiger partial charge in [-0.3, -0.25) is 10.1 Å². The van der Waals surface area contributed by atoms with Crippen molar-refractivity contribution in [3.05, 3.63) is 69.7 Å². The Hall–Kier alpha value is -3.17. The fourth-order valence-electron chi connectivity index (χ4n) is 2.62. The van der Waals surface area contributed by atoms with Gasteiger partial charge in [0.1, 0.15) is 0 Å². The Bertz CT molecular complexity index is 1040. The number of hydrogen-bond acceptors (Lipinski definition) is 6. The first-order valence-corrected chi connectivity index (χ1v) is 10.5. The van der Waals surface area contributed by atoms with Crippen LogP contribution in [0.5, 0.6) is 0 Å². The van der Waals surface area contributed by atoms with E-state index in [2.05, 4.69) is 30.9 Å². The molecule has 0 fully saturated rings. The van der Waals surface area contributed by atoms with E-state index in [1.807, 2.05) is 37.4 Å². The third kappa shape index (κ3) is 6.43. The number of carbonyl (C=O) groups is 1. The summed E-state index contributed by atoms with van der Waals surface area (Å²) in [5.74, 6) is 0.896. The van der Waals surface area contributed by atoms with Gasteiger partial charge in [0.25, 0.3) is 0 Å². The number of thiocarbonyl (C=S) groups is 1. The number of benzene rings is 1. The second kappa shape index (κ2) is 10.0. The lowest BCUT2D eigenvalue weighted by atomic mass is 10.1. The molecule has 1 aromatic carbocycles. The predicted octanol–water partition coefficient (Wildman–Crippen LogP) is 4.31. The molecule has 0 aliphatic heterocycles. The molecule has 0 aliphatic carbocycles. The van der Waals surface area contributed by atoms with Gasteiger partial charge >= 0.3 is 0 Å². The number of guanidine groups is 1. The quantitative estimate of drug-likeness (QED) is 0.237. The van der Waals surface area contributed by atoms with Gasteiger partial charge in [-0.05, 0) is 74.8 Å². The Morgan fingerprint density at radius 1 is 1.10 bits per heavy atom. The predicted molar refractivity (Wildman–Crippen MR) is 126 cm³/mol. The molecule has 2 heterocycles. The van der Waals surface area contributed by atoms with Crippen molar-refractivity contribution in [2.75, 3.05) is 10.6 Å². The zero-order chi connectivity index (χ0) is 21.5. The first-order valence-electron chi connectivity index (χ1n) is 9.24. The molecule has 3 aromatic rings. The SMILES string of the molecule is CC(=O)c1ccc(NC(=S)NC(=NCc2cccs2)Nc2nc(C)cc(C)n2)cc1. The van der Waals surface area contributed by atoms with E-state index in [0.29, 0.717) is 29.1 Å². The van der Waals surface area contributed by atoms with E-state index < -0.39 is 0 Å². The minimum absolute atomic E-state index is 0.0166. The molecule has 0 unspecified atom stereocenters. The molecule has 0 saturated carbocycles. The van der Waals surface area contributed by atoms with Gasteiger partial charge in [-0.25, -0.2) is 15.0 Å². The number of aliphatic imine (C=N–C) groups is 1. The largest absolute Gasteiger partial charge is 0.332 e. The van der Waals surface area contributed by atoms with E-state index in [-0.39, 0.29) is 5.78 Å². The normalized spacial score (nSPS) is 11.1. The Morgan fingerprint density at radius 2 is 1.80 bits per heavy atom. The molecule has 154 valence electrons. The van der Waals surface area contributed by atoms with Gasteiger partial charge in [-0.1, -0.05) is 6.07 Å². The molecule has 0 spiro atoms. The molecule has 7 nitrogen and oxygen atoms in total. The van der Waals surface area contributed by atoms with E-state index in [1.54, 1.807) is 35.6 Å². The minimum atomic E-state index is 0.0166. The standard InChI is InChI=1S/C21H22N6OS2/c1-13-11-14(2)24-20(23-13)26-19(22-12-18-5-4-10-30-18)27-21(29)25-17-8-6-16(7-9-17)15(3)28/h4-11H,12H2,1-3H3,(H3,22,23,24,25,26,27,29). The van der Waals surface area contributed by atoms with Crippen molar-refractivity contribution in [2.24, 2.45) is 4.99 Å². The van der Waals surface area contributed by atoms with Crippen molar-refractivity contribution < 1.29 is 4.79 Å². The lowest BCUT2D eigenvalue weighted by molar-refractivity contribution is 0.101. The van der Waals surface area contributed by atoms with Crippen LogP contribution in [0.2, 0.25) is 0 Å². The molecule has 3 N–H and O–H groups in total. The van der Waals surface area contributed by atoms with E-state index in [0.717, 1.165) is 22.0 Å². The zero-order valence-electron chi connectivity index (χ0n) is 16.9.